The van der Waals surface area contributed by atoms with Gasteiger partial charge in [0, 0.05) is 23.1 Å². The van der Waals surface area contributed by atoms with Crippen LogP contribution in [-0.2, 0) is 17.6 Å². The summed E-state index contributed by atoms with van der Waals surface area (Å²) in [6.45, 7) is 2.62. The van der Waals surface area contributed by atoms with Crippen LogP contribution < -0.4 is 19.5 Å². The van der Waals surface area contributed by atoms with Crippen LogP contribution in [0.3, 0.4) is 0 Å². The third kappa shape index (κ3) is 4.22. The van der Waals surface area contributed by atoms with Crippen LogP contribution in [0.1, 0.15) is 16.8 Å². The number of methoxy groups -OCH3 is 3. The minimum Gasteiger partial charge on any atom is -0.497 e. The number of aryl methyl sites for hydroxylation is 1. The molecule has 0 saturated heterocycles. The van der Waals surface area contributed by atoms with Gasteiger partial charge in [-0.15, -0.1) is 0 Å². The Labute approximate surface area is 164 Å². The number of carbonyl (C=O) groups excluding carboxylic acids is 1. The van der Waals surface area contributed by atoms with Gasteiger partial charge in [0.15, 0.2) is 11.5 Å². The van der Waals surface area contributed by atoms with Gasteiger partial charge in [-0.3, -0.25) is 4.79 Å². The minimum absolute atomic E-state index is 0.0257. The lowest BCUT2D eigenvalue weighted by Gasteiger charge is -2.10. The fourth-order valence-corrected chi connectivity index (χ4v) is 3.38. The van der Waals surface area contributed by atoms with Crippen LogP contribution in [0.2, 0.25) is 0 Å². The van der Waals surface area contributed by atoms with Crippen LogP contribution >= 0.6 is 0 Å². The summed E-state index contributed by atoms with van der Waals surface area (Å²) < 4.78 is 15.8. The summed E-state index contributed by atoms with van der Waals surface area (Å²) in [7, 11) is 4.83. The first-order chi connectivity index (χ1) is 13.5. The molecule has 3 aromatic rings. The molecule has 0 bridgehead atoms. The molecule has 0 spiro atoms. The van der Waals surface area contributed by atoms with E-state index in [0.29, 0.717) is 24.5 Å². The van der Waals surface area contributed by atoms with E-state index in [1.165, 1.54) is 5.56 Å². The molecule has 0 aliphatic heterocycles. The van der Waals surface area contributed by atoms with Crippen molar-refractivity contribution in [3.63, 3.8) is 0 Å². The number of amides is 1. The van der Waals surface area contributed by atoms with E-state index in [1.807, 2.05) is 43.3 Å². The maximum atomic E-state index is 12.3. The summed E-state index contributed by atoms with van der Waals surface area (Å²) in [4.78, 5) is 15.7. The van der Waals surface area contributed by atoms with Crippen LogP contribution in [0.25, 0.3) is 10.9 Å². The number of aromatic nitrogens is 1. The fraction of sp³-hybridized carbons (Fsp3) is 0.318. The van der Waals surface area contributed by atoms with E-state index in [-0.39, 0.29) is 5.91 Å². The average Bonchev–Trinajstić information content (AvgIpc) is 3.02. The normalized spacial score (nSPS) is 10.7. The molecule has 1 amide bonds. The van der Waals surface area contributed by atoms with Gasteiger partial charge in [0.25, 0.3) is 0 Å². The molecule has 0 atom stereocenters. The van der Waals surface area contributed by atoms with Crippen molar-refractivity contribution in [2.24, 2.45) is 0 Å². The summed E-state index contributed by atoms with van der Waals surface area (Å²) >= 11 is 0. The van der Waals surface area contributed by atoms with Crippen LogP contribution in [0, 0.1) is 6.92 Å². The highest BCUT2D eigenvalue weighted by Crippen LogP contribution is 2.28. The monoisotopic (exact) mass is 382 g/mol. The molecule has 3 rings (SSSR count). The molecule has 2 aromatic carbocycles. The maximum Gasteiger partial charge on any atom is 0.224 e. The van der Waals surface area contributed by atoms with E-state index in [1.54, 1.807) is 21.3 Å². The number of fused-ring (bicyclic) bond motifs is 1. The molecule has 6 nitrogen and oxygen atoms in total. The number of benzene rings is 2. The first kappa shape index (κ1) is 19.6. The van der Waals surface area contributed by atoms with Gasteiger partial charge < -0.3 is 24.5 Å². The van der Waals surface area contributed by atoms with E-state index in [0.717, 1.165) is 34.3 Å². The first-order valence-corrected chi connectivity index (χ1v) is 9.18. The van der Waals surface area contributed by atoms with E-state index in [4.69, 9.17) is 14.2 Å². The fourth-order valence-electron chi connectivity index (χ4n) is 3.38. The molecule has 1 heterocycles. The lowest BCUT2D eigenvalue weighted by molar-refractivity contribution is -0.120. The van der Waals surface area contributed by atoms with Crippen LogP contribution in [-0.4, -0.2) is 38.8 Å². The van der Waals surface area contributed by atoms with E-state index < -0.39 is 0 Å². The number of carbonyl (C=O) groups is 1. The van der Waals surface area contributed by atoms with Gasteiger partial charge in [-0.2, -0.15) is 0 Å². The van der Waals surface area contributed by atoms with Gasteiger partial charge in [0.05, 0.1) is 27.8 Å². The van der Waals surface area contributed by atoms with Crippen molar-refractivity contribution in [3.05, 3.63) is 53.2 Å². The summed E-state index contributed by atoms with van der Waals surface area (Å²) in [5, 5.41) is 4.13. The van der Waals surface area contributed by atoms with Gasteiger partial charge in [0.1, 0.15) is 5.75 Å². The van der Waals surface area contributed by atoms with E-state index in [9.17, 15) is 4.79 Å². The SMILES string of the molecule is COc1ccc2[nH]c(C)c(CCNC(=O)Cc3ccc(OC)c(OC)c3)c2c1. The van der Waals surface area contributed by atoms with Gasteiger partial charge in [-0.05, 0) is 54.8 Å². The van der Waals surface area contributed by atoms with Gasteiger partial charge in [-0.25, -0.2) is 0 Å². The quantitative estimate of drug-likeness (QED) is 0.626. The summed E-state index contributed by atoms with van der Waals surface area (Å²) in [5.41, 5.74) is 4.26. The Hall–Kier alpha value is -3.15. The molecule has 0 aliphatic carbocycles. The third-order valence-corrected chi connectivity index (χ3v) is 4.84. The van der Waals surface area contributed by atoms with E-state index >= 15 is 0 Å². The van der Waals surface area contributed by atoms with Crippen molar-refractivity contribution in [2.75, 3.05) is 27.9 Å². The first-order valence-electron chi connectivity index (χ1n) is 9.18. The Balaban J connectivity index is 1.61. The second kappa shape index (κ2) is 8.69. The summed E-state index contributed by atoms with van der Waals surface area (Å²) in [5.74, 6) is 2.07. The number of rotatable bonds is 8. The Morgan fingerprint density at radius 3 is 2.50 bits per heavy atom. The Kier molecular flexibility index (Phi) is 6.09. The molecule has 0 unspecified atom stereocenters. The van der Waals surface area contributed by atoms with Crippen molar-refractivity contribution in [1.29, 1.82) is 0 Å². The lowest BCUT2D eigenvalue weighted by atomic mass is 10.1. The zero-order chi connectivity index (χ0) is 20.1. The van der Waals surface area contributed by atoms with Gasteiger partial charge >= 0.3 is 0 Å². The third-order valence-electron chi connectivity index (χ3n) is 4.84. The lowest BCUT2D eigenvalue weighted by Crippen LogP contribution is -2.27. The second-order valence-corrected chi connectivity index (χ2v) is 6.61. The number of hydrogen-bond acceptors (Lipinski definition) is 4. The zero-order valence-corrected chi connectivity index (χ0v) is 16.7. The zero-order valence-electron chi connectivity index (χ0n) is 16.7. The van der Waals surface area contributed by atoms with Crippen LogP contribution in [0.4, 0.5) is 0 Å². The number of H-pyrrole nitrogens is 1. The topological polar surface area (TPSA) is 72.6 Å². The van der Waals surface area contributed by atoms with Crippen LogP contribution in [0.5, 0.6) is 17.2 Å². The van der Waals surface area contributed by atoms with Crippen molar-refractivity contribution in [1.82, 2.24) is 10.3 Å². The Morgan fingerprint density at radius 1 is 1.00 bits per heavy atom. The largest absolute Gasteiger partial charge is 0.497 e. The highest BCUT2D eigenvalue weighted by Gasteiger charge is 2.11. The van der Waals surface area contributed by atoms with Crippen molar-refractivity contribution >= 4 is 16.8 Å². The molecular formula is C22H26N2O4. The molecule has 2 N–H and O–H groups in total. The Morgan fingerprint density at radius 2 is 1.79 bits per heavy atom. The molecule has 1 aromatic heterocycles. The predicted molar refractivity (Wildman–Crippen MR) is 110 cm³/mol. The Bertz CT molecular complexity index is 978. The molecule has 148 valence electrons. The predicted octanol–water partition coefficient (Wildman–Crippen LogP) is 3.40. The van der Waals surface area contributed by atoms with Gasteiger partial charge in [-0.1, -0.05) is 6.07 Å². The second-order valence-electron chi connectivity index (χ2n) is 6.61. The number of aromatic amines is 1. The maximum absolute atomic E-state index is 12.3. The van der Waals surface area contributed by atoms with Crippen molar-refractivity contribution < 1.29 is 19.0 Å². The van der Waals surface area contributed by atoms with Gasteiger partial charge in [0.2, 0.25) is 5.91 Å². The standard InChI is InChI=1S/C22H26N2O4/c1-14-17(18-13-16(26-2)6-7-19(18)24-14)9-10-23-22(25)12-15-5-8-20(27-3)21(11-15)28-4/h5-8,11,13,24H,9-10,12H2,1-4H3,(H,23,25). The molecule has 28 heavy (non-hydrogen) atoms. The molecule has 0 aliphatic rings. The molecule has 0 fully saturated rings. The molecular weight excluding hydrogens is 356 g/mol. The van der Waals surface area contributed by atoms with Crippen molar-refractivity contribution in [2.45, 2.75) is 19.8 Å². The molecule has 0 saturated carbocycles. The summed E-state index contributed by atoms with van der Waals surface area (Å²) in [6.07, 6.45) is 1.04. The number of nitrogens with one attached hydrogen (secondary N) is 2. The smallest absolute Gasteiger partial charge is 0.224 e. The summed E-state index contributed by atoms with van der Waals surface area (Å²) in [6, 6.07) is 11.5. The van der Waals surface area contributed by atoms with E-state index in [2.05, 4.69) is 10.3 Å². The van der Waals surface area contributed by atoms with Crippen LogP contribution in [0.15, 0.2) is 36.4 Å². The highest BCUT2D eigenvalue weighted by molar-refractivity contribution is 5.86. The number of ether oxygens (including phenoxy) is 3. The minimum atomic E-state index is -0.0257. The molecule has 0 radical (unpaired) electrons. The highest BCUT2D eigenvalue weighted by atomic mass is 16.5. The molecule has 6 heteroatoms. The number of hydrogen-bond donors (Lipinski definition) is 2. The van der Waals surface area contributed by atoms with Crippen molar-refractivity contribution in [3.8, 4) is 17.2 Å². The average molecular weight is 382 g/mol.